The van der Waals surface area contributed by atoms with Crippen molar-refractivity contribution in [2.45, 2.75) is 13.0 Å². The first-order valence-corrected chi connectivity index (χ1v) is 1.63. The van der Waals surface area contributed by atoms with Crippen LogP contribution in [0.1, 0.15) is 6.92 Å². The van der Waals surface area contributed by atoms with Gasteiger partial charge in [-0.1, -0.05) is 0 Å². The van der Waals surface area contributed by atoms with Crippen LogP contribution in [-0.4, -0.2) is 17.1 Å². The van der Waals surface area contributed by atoms with Crippen LogP contribution in [-0.2, 0) is 4.79 Å². The zero-order valence-electron chi connectivity index (χ0n) is 3.51. The maximum absolute atomic E-state index is 9.57. The molecular formula is C3H7NO2. The van der Waals surface area contributed by atoms with Crippen LogP contribution in [0.2, 0.25) is 0 Å². The van der Waals surface area contributed by atoms with E-state index in [0.717, 1.165) is 0 Å². The fourth-order valence-corrected chi connectivity index (χ4v) is 0. The molecule has 6 heavy (non-hydrogen) atoms. The number of carboxylic acid groups (broad SMARTS) is 1. The van der Waals surface area contributed by atoms with E-state index in [2.05, 4.69) is 0 Å². The van der Waals surface area contributed by atoms with Crippen molar-refractivity contribution >= 4 is 5.97 Å². The van der Waals surface area contributed by atoms with Crippen LogP contribution in [0.4, 0.5) is 0 Å². The van der Waals surface area contributed by atoms with Gasteiger partial charge >= 0.3 is 5.97 Å². The Morgan fingerprint density at radius 2 is 2.17 bits per heavy atom. The molecule has 0 amide bonds. The second kappa shape index (κ2) is 1.77. The maximum Gasteiger partial charge on any atom is 0.320 e. The largest absolute Gasteiger partial charge is 0.480 e. The van der Waals surface area contributed by atoms with Crippen molar-refractivity contribution in [3.05, 3.63) is 0 Å². The highest BCUT2D eigenvalue weighted by Crippen LogP contribution is 1.68. The minimum atomic E-state index is -0.963. The molecule has 0 aromatic rings. The molecule has 3 N–H and O–H groups in total. The third-order valence-corrected chi connectivity index (χ3v) is 0.390. The molecule has 0 aliphatic heterocycles. The highest BCUT2D eigenvalue weighted by atomic mass is 16.5. The van der Waals surface area contributed by atoms with Crippen molar-refractivity contribution in [3.63, 3.8) is 0 Å². The van der Waals surface area contributed by atoms with Crippen LogP contribution in [0.5, 0.6) is 0 Å². The maximum atomic E-state index is 9.57. The lowest BCUT2D eigenvalue weighted by atomic mass is 10.6. The van der Waals surface area contributed by atoms with Gasteiger partial charge in [0.05, 0.1) is 0 Å². The van der Waals surface area contributed by atoms with Gasteiger partial charge in [0.25, 0.3) is 0 Å². The van der Waals surface area contributed by atoms with Gasteiger partial charge in [-0.05, 0) is 6.92 Å². The summed E-state index contributed by atoms with van der Waals surface area (Å²) in [6, 6.07) is -0.731. The van der Waals surface area contributed by atoms with Crippen LogP contribution in [0.25, 0.3) is 0 Å². The highest BCUT2D eigenvalue weighted by molar-refractivity contribution is 5.72. The number of aliphatic carboxylic acids is 1. The minimum absolute atomic E-state index is 0.731. The molecule has 36 valence electrons. The summed E-state index contributed by atoms with van der Waals surface area (Å²) in [4.78, 5) is 9.57. The lowest BCUT2D eigenvalue weighted by molar-refractivity contribution is -0.138. The zero-order valence-corrected chi connectivity index (χ0v) is 3.51. The van der Waals surface area contributed by atoms with Crippen molar-refractivity contribution in [3.8, 4) is 0 Å². The molecule has 0 heterocycles. The number of hydrogen-bond donors (Lipinski definition) is 2. The quantitative estimate of drug-likeness (QED) is 0.423. The molecule has 0 saturated heterocycles. The molecule has 0 aromatic heterocycles. The molecule has 0 aliphatic carbocycles. The van der Waals surface area contributed by atoms with Gasteiger partial charge in [-0.15, -0.1) is 0 Å². The number of nitrogens with two attached hydrogens (primary N) is 1. The van der Waals surface area contributed by atoms with Gasteiger partial charge in [-0.25, -0.2) is 0 Å². The molecule has 0 rings (SSSR count). The molecule has 0 aromatic carbocycles. The van der Waals surface area contributed by atoms with Gasteiger partial charge in [0.1, 0.15) is 6.04 Å². The Bertz CT molecular complexity index is 59.8. The van der Waals surface area contributed by atoms with Crippen molar-refractivity contribution in [2.24, 2.45) is 5.73 Å². The third kappa shape index (κ3) is 1.72. The van der Waals surface area contributed by atoms with Gasteiger partial charge in [-0.2, -0.15) is 0 Å². The summed E-state index contributed by atoms with van der Waals surface area (Å²) in [7, 11) is 0. The Morgan fingerprint density at radius 3 is 2.17 bits per heavy atom. The SMILES string of the molecule is C[C@H](N)[13C](=O)O. The number of rotatable bonds is 1. The van der Waals surface area contributed by atoms with Crippen LogP contribution in [0, 0.1) is 0 Å². The molecule has 0 unspecified atom stereocenters. The Kier molecular flexibility index (Phi) is 1.60. The summed E-state index contributed by atoms with van der Waals surface area (Å²) in [5, 5.41) is 7.87. The Labute approximate surface area is 35.8 Å². The number of carboxylic acids is 1. The summed E-state index contributed by atoms with van der Waals surface area (Å²) in [6.45, 7) is 1.42. The van der Waals surface area contributed by atoms with E-state index < -0.39 is 12.0 Å². The predicted octanol–water partition coefficient (Wildman–Crippen LogP) is -0.582. The molecule has 0 spiro atoms. The summed E-state index contributed by atoms with van der Waals surface area (Å²) in [5.41, 5.74) is 4.84. The van der Waals surface area contributed by atoms with E-state index in [-0.39, 0.29) is 0 Å². The second-order valence-corrected chi connectivity index (χ2v) is 1.13. The Balaban J connectivity index is 3.26. The van der Waals surface area contributed by atoms with Crippen molar-refractivity contribution < 1.29 is 9.90 Å². The fourth-order valence-electron chi connectivity index (χ4n) is 0. The van der Waals surface area contributed by atoms with Crippen LogP contribution in [0.3, 0.4) is 0 Å². The predicted molar refractivity (Wildman–Crippen MR) is 21.3 cm³/mol. The van der Waals surface area contributed by atoms with Crippen LogP contribution in [0.15, 0.2) is 0 Å². The van der Waals surface area contributed by atoms with Crippen molar-refractivity contribution in [1.29, 1.82) is 0 Å². The van der Waals surface area contributed by atoms with Gasteiger partial charge in [0.2, 0.25) is 0 Å². The van der Waals surface area contributed by atoms with E-state index >= 15 is 0 Å². The molecule has 1 atom stereocenters. The molecule has 0 bridgehead atoms. The molecular weight excluding hydrogens is 83.0 g/mol. The van der Waals surface area contributed by atoms with E-state index in [9.17, 15) is 4.79 Å². The molecule has 3 heteroatoms. The lowest BCUT2D eigenvalue weighted by Crippen LogP contribution is -2.25. The lowest BCUT2D eigenvalue weighted by Gasteiger charge is -1.90. The van der Waals surface area contributed by atoms with E-state index in [0.29, 0.717) is 0 Å². The van der Waals surface area contributed by atoms with Crippen molar-refractivity contribution in [1.82, 2.24) is 0 Å². The monoisotopic (exact) mass is 90.1 g/mol. The summed E-state index contributed by atoms with van der Waals surface area (Å²) in [5.74, 6) is -0.963. The minimum Gasteiger partial charge on any atom is -0.480 e. The molecule has 0 fully saturated rings. The third-order valence-electron chi connectivity index (χ3n) is 0.390. The highest BCUT2D eigenvalue weighted by Gasteiger charge is 1.99. The van der Waals surface area contributed by atoms with E-state index in [1.54, 1.807) is 0 Å². The number of hydrogen-bond acceptors (Lipinski definition) is 2. The Hall–Kier alpha value is -0.570. The average molecular weight is 90.1 g/mol. The number of carbonyl (C=O) groups is 1. The zero-order chi connectivity index (χ0) is 5.15. The molecule has 0 radical (unpaired) electrons. The van der Waals surface area contributed by atoms with Gasteiger partial charge in [-0.3, -0.25) is 4.79 Å². The molecule has 3 nitrogen and oxygen atoms in total. The van der Waals surface area contributed by atoms with Gasteiger partial charge in [0, 0.05) is 0 Å². The topological polar surface area (TPSA) is 63.3 Å². The normalized spacial score (nSPS) is 13.7. The smallest absolute Gasteiger partial charge is 0.320 e. The average Bonchev–Trinajstić information content (AvgIpc) is 1.36. The Morgan fingerprint density at radius 1 is 2.00 bits per heavy atom. The van der Waals surface area contributed by atoms with E-state index in [1.165, 1.54) is 6.92 Å². The first-order chi connectivity index (χ1) is 2.64. The fraction of sp³-hybridized carbons (Fsp3) is 0.667. The first-order valence-electron chi connectivity index (χ1n) is 1.63. The van der Waals surface area contributed by atoms with Gasteiger partial charge in [0.15, 0.2) is 0 Å². The standard InChI is InChI=1S/C3H7NO2/c1-2(4)3(5)6/h2H,4H2,1H3,(H,5,6)/t2-/m0/s1/i3+1. The molecule has 0 saturated carbocycles. The summed E-state index contributed by atoms with van der Waals surface area (Å²) in [6.07, 6.45) is 0. The van der Waals surface area contributed by atoms with Crippen LogP contribution >= 0.6 is 0 Å². The summed E-state index contributed by atoms with van der Waals surface area (Å²) >= 11 is 0. The van der Waals surface area contributed by atoms with E-state index in [1.807, 2.05) is 0 Å². The van der Waals surface area contributed by atoms with Crippen LogP contribution < -0.4 is 5.73 Å². The van der Waals surface area contributed by atoms with E-state index in [4.69, 9.17) is 10.8 Å². The second-order valence-electron chi connectivity index (χ2n) is 1.13. The molecule has 0 aliphatic rings. The van der Waals surface area contributed by atoms with Crippen molar-refractivity contribution in [2.75, 3.05) is 0 Å². The first kappa shape index (κ1) is 5.43. The van der Waals surface area contributed by atoms with Gasteiger partial charge < -0.3 is 10.8 Å². The summed E-state index contributed by atoms with van der Waals surface area (Å²) < 4.78 is 0.